The van der Waals surface area contributed by atoms with E-state index in [1.165, 1.54) is 0 Å². The van der Waals surface area contributed by atoms with Crippen LogP contribution in [0.5, 0.6) is 5.75 Å². The Morgan fingerprint density at radius 1 is 1.13 bits per heavy atom. The Hall–Kier alpha value is -2.83. The number of carbonyl (C=O) groups is 1. The first kappa shape index (κ1) is 20.1. The summed E-state index contributed by atoms with van der Waals surface area (Å²) >= 11 is 6.05. The molecule has 1 atom stereocenters. The standard InChI is InChI=1S/C24H25ClN4O2/c1-15-11-23(29-9-7-28(2)8-10-29)27-20-5-4-18(14-19(15)20)26-24(30)22-13-16-12-17(25)3-6-21(16)31-22/h3-6,11-12,14,22H,7-10,13H2,1-2H3,(H,26,30). The Morgan fingerprint density at radius 2 is 1.94 bits per heavy atom. The molecule has 0 bridgehead atoms. The van der Waals surface area contributed by atoms with Crippen molar-refractivity contribution in [1.82, 2.24) is 9.88 Å². The number of fused-ring (bicyclic) bond motifs is 2. The number of benzene rings is 2. The Bertz CT molecular complexity index is 1160. The smallest absolute Gasteiger partial charge is 0.265 e. The summed E-state index contributed by atoms with van der Waals surface area (Å²) in [5.74, 6) is 1.58. The van der Waals surface area contributed by atoms with Crippen molar-refractivity contribution >= 4 is 39.9 Å². The summed E-state index contributed by atoms with van der Waals surface area (Å²) in [4.78, 5) is 22.3. The lowest BCUT2D eigenvalue weighted by atomic mass is 10.1. The van der Waals surface area contributed by atoms with Gasteiger partial charge in [0.05, 0.1) is 5.52 Å². The minimum atomic E-state index is -0.553. The molecule has 6 nitrogen and oxygen atoms in total. The van der Waals surface area contributed by atoms with E-state index in [1.54, 1.807) is 6.07 Å². The quantitative estimate of drug-likeness (QED) is 0.675. The third-order valence-corrected chi connectivity index (χ3v) is 6.32. The summed E-state index contributed by atoms with van der Waals surface area (Å²) in [6.45, 7) is 6.15. The van der Waals surface area contributed by atoms with Crippen molar-refractivity contribution in [3.8, 4) is 5.75 Å². The van der Waals surface area contributed by atoms with Crippen LogP contribution in [0.2, 0.25) is 5.02 Å². The van der Waals surface area contributed by atoms with E-state index in [1.807, 2.05) is 30.3 Å². The van der Waals surface area contributed by atoms with E-state index in [9.17, 15) is 4.79 Å². The van der Waals surface area contributed by atoms with Crippen LogP contribution in [0.1, 0.15) is 11.1 Å². The topological polar surface area (TPSA) is 57.7 Å². The molecule has 5 rings (SSSR count). The molecule has 3 aromatic rings. The average Bonchev–Trinajstić information content (AvgIpc) is 3.18. The highest BCUT2D eigenvalue weighted by Crippen LogP contribution is 2.32. The van der Waals surface area contributed by atoms with Gasteiger partial charge in [-0.25, -0.2) is 4.98 Å². The van der Waals surface area contributed by atoms with Crippen LogP contribution in [0, 0.1) is 6.92 Å². The fourth-order valence-corrected chi connectivity index (χ4v) is 4.43. The molecule has 2 aliphatic heterocycles. The van der Waals surface area contributed by atoms with Gasteiger partial charge in [-0.3, -0.25) is 4.79 Å². The van der Waals surface area contributed by atoms with E-state index < -0.39 is 6.10 Å². The van der Waals surface area contributed by atoms with Gasteiger partial charge in [0.15, 0.2) is 6.10 Å². The van der Waals surface area contributed by atoms with Crippen molar-refractivity contribution in [2.75, 3.05) is 43.4 Å². The van der Waals surface area contributed by atoms with Crippen LogP contribution < -0.4 is 15.0 Å². The maximum Gasteiger partial charge on any atom is 0.265 e. The number of ether oxygens (including phenoxy) is 1. The summed E-state index contributed by atoms with van der Waals surface area (Å²) in [6, 6.07) is 13.4. The van der Waals surface area contributed by atoms with Crippen LogP contribution >= 0.6 is 11.6 Å². The summed E-state index contributed by atoms with van der Waals surface area (Å²) in [6.07, 6.45) is -0.0347. The fourth-order valence-electron chi connectivity index (χ4n) is 4.24. The number of aryl methyl sites for hydroxylation is 1. The molecule has 31 heavy (non-hydrogen) atoms. The number of amides is 1. The summed E-state index contributed by atoms with van der Waals surface area (Å²) in [5, 5.41) is 4.68. The van der Waals surface area contributed by atoms with Gasteiger partial charge in [-0.1, -0.05) is 11.6 Å². The average molecular weight is 437 g/mol. The maximum atomic E-state index is 12.8. The van der Waals surface area contributed by atoms with E-state index in [0.717, 1.165) is 65.5 Å². The van der Waals surface area contributed by atoms with Gasteiger partial charge in [0.2, 0.25) is 0 Å². The van der Waals surface area contributed by atoms with Crippen LogP contribution in [-0.4, -0.2) is 55.1 Å². The molecule has 2 aromatic carbocycles. The first-order valence-electron chi connectivity index (χ1n) is 10.6. The molecule has 0 radical (unpaired) electrons. The van der Waals surface area contributed by atoms with Gasteiger partial charge in [-0.2, -0.15) is 0 Å². The third kappa shape index (κ3) is 4.05. The van der Waals surface area contributed by atoms with Gasteiger partial charge < -0.3 is 19.9 Å². The molecule has 0 aliphatic carbocycles. The highest BCUT2D eigenvalue weighted by Gasteiger charge is 2.29. The molecule has 0 spiro atoms. The SMILES string of the molecule is Cc1cc(N2CCN(C)CC2)nc2ccc(NC(=O)C3Cc4cc(Cl)ccc4O3)cc12. The van der Waals surface area contributed by atoms with E-state index in [2.05, 4.69) is 35.2 Å². The second-order valence-corrected chi connectivity index (χ2v) is 8.81. The van der Waals surface area contributed by atoms with Gasteiger partial charge in [-0.05, 0) is 67.6 Å². The Balaban J connectivity index is 1.32. The second kappa shape index (κ2) is 8.02. The van der Waals surface area contributed by atoms with Gasteiger partial charge in [0.1, 0.15) is 11.6 Å². The lowest BCUT2D eigenvalue weighted by Gasteiger charge is -2.33. The Kier molecular flexibility index (Phi) is 5.20. The number of likely N-dealkylation sites (N-methyl/N-ethyl adjacent to an activating group) is 1. The zero-order chi connectivity index (χ0) is 21.5. The molecule has 3 heterocycles. The van der Waals surface area contributed by atoms with Crippen molar-refractivity contribution < 1.29 is 9.53 Å². The number of nitrogens with zero attached hydrogens (tertiary/aromatic N) is 3. The predicted octanol–water partition coefficient (Wildman–Crippen LogP) is 3.89. The van der Waals surface area contributed by atoms with Crippen LogP contribution in [0.25, 0.3) is 10.9 Å². The number of piperazine rings is 1. The Labute approximate surface area is 186 Å². The van der Waals surface area contributed by atoms with E-state index >= 15 is 0 Å². The minimum Gasteiger partial charge on any atom is -0.480 e. The number of halogens is 1. The van der Waals surface area contributed by atoms with Gasteiger partial charge in [0.25, 0.3) is 5.91 Å². The minimum absolute atomic E-state index is 0.161. The summed E-state index contributed by atoms with van der Waals surface area (Å²) in [7, 11) is 2.15. The number of carbonyl (C=O) groups excluding carboxylic acids is 1. The maximum absolute atomic E-state index is 12.8. The monoisotopic (exact) mass is 436 g/mol. The molecule has 160 valence electrons. The molecule has 1 aromatic heterocycles. The molecule has 1 N–H and O–H groups in total. The largest absolute Gasteiger partial charge is 0.480 e. The van der Waals surface area contributed by atoms with Crippen LogP contribution in [0.4, 0.5) is 11.5 Å². The molecular formula is C24H25ClN4O2. The van der Waals surface area contributed by atoms with Crippen molar-refractivity contribution in [1.29, 1.82) is 0 Å². The van der Waals surface area contributed by atoms with Crippen LogP contribution in [0.15, 0.2) is 42.5 Å². The first-order valence-corrected chi connectivity index (χ1v) is 10.9. The van der Waals surface area contributed by atoms with Crippen molar-refractivity contribution in [3.05, 3.63) is 58.6 Å². The number of hydrogen-bond acceptors (Lipinski definition) is 5. The number of pyridine rings is 1. The van der Waals surface area contributed by atoms with E-state index in [4.69, 9.17) is 21.3 Å². The molecule has 1 amide bonds. The number of anilines is 2. The molecule has 1 fully saturated rings. The molecular weight excluding hydrogens is 412 g/mol. The second-order valence-electron chi connectivity index (χ2n) is 8.37. The van der Waals surface area contributed by atoms with Gasteiger partial charge in [0, 0.05) is 48.7 Å². The lowest BCUT2D eigenvalue weighted by molar-refractivity contribution is -0.122. The zero-order valence-corrected chi connectivity index (χ0v) is 18.4. The Morgan fingerprint density at radius 3 is 2.74 bits per heavy atom. The predicted molar refractivity (Wildman–Crippen MR) is 124 cm³/mol. The highest BCUT2D eigenvalue weighted by molar-refractivity contribution is 6.30. The van der Waals surface area contributed by atoms with Crippen molar-refractivity contribution in [2.24, 2.45) is 0 Å². The lowest BCUT2D eigenvalue weighted by Crippen LogP contribution is -2.44. The van der Waals surface area contributed by atoms with Gasteiger partial charge in [-0.15, -0.1) is 0 Å². The number of nitrogens with one attached hydrogen (secondary N) is 1. The molecule has 0 saturated carbocycles. The molecule has 2 aliphatic rings. The summed E-state index contributed by atoms with van der Waals surface area (Å²) < 4.78 is 5.81. The number of rotatable bonds is 3. The normalized spacial score (nSPS) is 18.7. The number of hydrogen-bond donors (Lipinski definition) is 1. The van der Waals surface area contributed by atoms with E-state index in [-0.39, 0.29) is 5.91 Å². The van der Waals surface area contributed by atoms with E-state index in [0.29, 0.717) is 11.4 Å². The third-order valence-electron chi connectivity index (χ3n) is 6.09. The van der Waals surface area contributed by atoms with Crippen molar-refractivity contribution in [2.45, 2.75) is 19.4 Å². The van der Waals surface area contributed by atoms with Crippen molar-refractivity contribution in [3.63, 3.8) is 0 Å². The molecule has 7 heteroatoms. The van der Waals surface area contributed by atoms with Gasteiger partial charge >= 0.3 is 0 Å². The first-order chi connectivity index (χ1) is 15.0. The highest BCUT2D eigenvalue weighted by atomic mass is 35.5. The zero-order valence-electron chi connectivity index (χ0n) is 17.7. The fraction of sp³-hybridized carbons (Fsp3) is 0.333. The molecule has 1 saturated heterocycles. The van der Waals surface area contributed by atoms with Crippen LogP contribution in [0.3, 0.4) is 0 Å². The summed E-state index contributed by atoms with van der Waals surface area (Å²) in [5.41, 5.74) is 3.79. The van der Waals surface area contributed by atoms with Crippen LogP contribution in [-0.2, 0) is 11.2 Å². The number of aromatic nitrogens is 1. The molecule has 1 unspecified atom stereocenters.